The Morgan fingerprint density at radius 1 is 1.17 bits per heavy atom. The Balaban J connectivity index is 1.29. The van der Waals surface area contributed by atoms with Crippen LogP contribution in [0.25, 0.3) is 0 Å². The molecular formula is C22H21N3O2S2. The van der Waals surface area contributed by atoms with Gasteiger partial charge in [0.15, 0.2) is 4.34 Å². The van der Waals surface area contributed by atoms with Gasteiger partial charge in [-0.1, -0.05) is 47.7 Å². The van der Waals surface area contributed by atoms with Gasteiger partial charge < -0.3 is 10.2 Å². The number of para-hydroxylation sites is 1. The maximum atomic E-state index is 12.7. The van der Waals surface area contributed by atoms with Crippen LogP contribution in [0.4, 0.5) is 11.4 Å². The van der Waals surface area contributed by atoms with Gasteiger partial charge in [0.2, 0.25) is 11.8 Å². The molecule has 0 unspecified atom stereocenters. The number of hydrogen-bond donors (Lipinski definition) is 1. The van der Waals surface area contributed by atoms with Crippen LogP contribution < -0.4 is 10.2 Å². The highest BCUT2D eigenvalue weighted by Crippen LogP contribution is 2.29. The van der Waals surface area contributed by atoms with Crippen LogP contribution in [0.3, 0.4) is 0 Å². The topological polar surface area (TPSA) is 62.3 Å². The molecule has 3 aromatic rings. The van der Waals surface area contributed by atoms with Gasteiger partial charge in [0, 0.05) is 23.3 Å². The third-order valence-corrected chi connectivity index (χ3v) is 6.78. The summed E-state index contributed by atoms with van der Waals surface area (Å²) in [7, 11) is 0. The molecule has 29 heavy (non-hydrogen) atoms. The second-order valence-electron chi connectivity index (χ2n) is 6.91. The molecule has 0 spiro atoms. The predicted molar refractivity (Wildman–Crippen MR) is 119 cm³/mol. The molecule has 0 fully saturated rings. The number of anilines is 2. The highest BCUT2D eigenvalue weighted by Gasteiger charge is 2.24. The molecule has 0 atom stereocenters. The van der Waals surface area contributed by atoms with Crippen LogP contribution in [0.1, 0.15) is 16.8 Å². The van der Waals surface area contributed by atoms with Crippen LogP contribution in [0.2, 0.25) is 0 Å². The second kappa shape index (κ2) is 8.80. The van der Waals surface area contributed by atoms with Gasteiger partial charge in [-0.15, -0.1) is 11.3 Å². The van der Waals surface area contributed by atoms with Crippen molar-refractivity contribution in [2.75, 3.05) is 22.5 Å². The number of amides is 2. The quantitative estimate of drug-likeness (QED) is 0.600. The summed E-state index contributed by atoms with van der Waals surface area (Å²) in [5, 5.41) is 4.78. The Labute approximate surface area is 178 Å². The first kappa shape index (κ1) is 19.7. The molecule has 1 aliphatic rings. The van der Waals surface area contributed by atoms with Crippen molar-refractivity contribution in [1.29, 1.82) is 0 Å². The number of fused-ring (bicyclic) bond motifs is 1. The van der Waals surface area contributed by atoms with E-state index in [1.807, 2.05) is 59.7 Å². The highest BCUT2D eigenvalue weighted by atomic mass is 32.2. The fraction of sp³-hybridized carbons (Fsp3) is 0.227. The van der Waals surface area contributed by atoms with E-state index in [-0.39, 0.29) is 24.0 Å². The molecular weight excluding hydrogens is 402 g/mol. The normalized spacial score (nSPS) is 12.7. The number of aromatic nitrogens is 1. The number of carbonyl (C=O) groups is 2. The average molecular weight is 424 g/mol. The lowest BCUT2D eigenvalue weighted by Crippen LogP contribution is -2.30. The van der Waals surface area contributed by atoms with Crippen molar-refractivity contribution in [3.63, 3.8) is 0 Å². The molecule has 0 saturated carbocycles. The summed E-state index contributed by atoms with van der Waals surface area (Å²) in [6.45, 7) is 2.73. The zero-order valence-corrected chi connectivity index (χ0v) is 17.7. The van der Waals surface area contributed by atoms with E-state index in [0.29, 0.717) is 0 Å². The maximum Gasteiger partial charge on any atom is 0.234 e. The lowest BCUT2D eigenvalue weighted by molar-refractivity contribution is -0.118. The van der Waals surface area contributed by atoms with Gasteiger partial charge in [0.1, 0.15) is 0 Å². The third kappa shape index (κ3) is 4.86. The van der Waals surface area contributed by atoms with E-state index in [2.05, 4.69) is 16.4 Å². The molecule has 148 valence electrons. The summed E-state index contributed by atoms with van der Waals surface area (Å²) in [6.07, 6.45) is 1.18. The summed E-state index contributed by atoms with van der Waals surface area (Å²) in [5.41, 5.74) is 4.92. The summed E-state index contributed by atoms with van der Waals surface area (Å²) in [6, 6.07) is 15.7. The molecule has 4 rings (SSSR count). The van der Waals surface area contributed by atoms with Crippen molar-refractivity contribution in [1.82, 2.24) is 4.98 Å². The smallest absolute Gasteiger partial charge is 0.234 e. The lowest BCUT2D eigenvalue weighted by Gasteiger charge is -2.16. The molecule has 7 heteroatoms. The standard InChI is InChI=1S/C22H21N3O2S2/c1-15-6-8-17(9-7-15)23-20(26)14-29-22-24-18(13-28-22)12-21(27)25-11-10-16-4-2-3-5-19(16)25/h2-9,13H,10-12,14H2,1H3,(H,23,26). The van der Waals surface area contributed by atoms with Crippen molar-refractivity contribution < 1.29 is 9.59 Å². The molecule has 5 nitrogen and oxygen atoms in total. The van der Waals surface area contributed by atoms with E-state index < -0.39 is 0 Å². The number of carbonyl (C=O) groups excluding carboxylic acids is 2. The van der Waals surface area contributed by atoms with E-state index in [9.17, 15) is 9.59 Å². The van der Waals surface area contributed by atoms with Gasteiger partial charge in [0.05, 0.1) is 17.9 Å². The van der Waals surface area contributed by atoms with Gasteiger partial charge >= 0.3 is 0 Å². The van der Waals surface area contributed by atoms with Gasteiger partial charge in [-0.05, 0) is 37.1 Å². The van der Waals surface area contributed by atoms with Crippen LogP contribution in [-0.2, 0) is 22.4 Å². The van der Waals surface area contributed by atoms with Crippen molar-refractivity contribution in [3.05, 3.63) is 70.7 Å². The predicted octanol–water partition coefficient (Wildman–Crippen LogP) is 4.31. The molecule has 0 bridgehead atoms. The van der Waals surface area contributed by atoms with Crippen molar-refractivity contribution in [3.8, 4) is 0 Å². The fourth-order valence-corrected chi connectivity index (χ4v) is 4.89. The number of nitrogens with zero attached hydrogens (tertiary/aromatic N) is 2. The minimum Gasteiger partial charge on any atom is -0.325 e. The number of aryl methyl sites for hydroxylation is 1. The lowest BCUT2D eigenvalue weighted by atomic mass is 10.2. The monoisotopic (exact) mass is 423 g/mol. The molecule has 0 saturated heterocycles. The van der Waals surface area contributed by atoms with E-state index >= 15 is 0 Å². The van der Waals surface area contributed by atoms with Gasteiger partial charge in [-0.2, -0.15) is 0 Å². The number of hydrogen-bond acceptors (Lipinski definition) is 5. The summed E-state index contributed by atoms with van der Waals surface area (Å²) < 4.78 is 0.800. The Hall–Kier alpha value is -2.64. The molecule has 1 N–H and O–H groups in total. The maximum absolute atomic E-state index is 12.7. The summed E-state index contributed by atoms with van der Waals surface area (Å²) in [4.78, 5) is 31.2. The Kier molecular flexibility index (Phi) is 5.97. The minimum absolute atomic E-state index is 0.0638. The zero-order chi connectivity index (χ0) is 20.2. The molecule has 2 amide bonds. The first-order chi connectivity index (χ1) is 14.1. The molecule has 1 aliphatic heterocycles. The van der Waals surface area contributed by atoms with E-state index in [4.69, 9.17) is 0 Å². The number of nitrogens with one attached hydrogen (secondary N) is 1. The number of thiazole rings is 1. The second-order valence-corrected chi connectivity index (χ2v) is 8.99. The number of benzene rings is 2. The Bertz CT molecular complexity index is 1030. The first-order valence-corrected chi connectivity index (χ1v) is 11.3. The largest absolute Gasteiger partial charge is 0.325 e. The van der Waals surface area contributed by atoms with E-state index in [1.54, 1.807) is 0 Å². The van der Waals surface area contributed by atoms with E-state index in [0.717, 1.165) is 39.9 Å². The average Bonchev–Trinajstić information content (AvgIpc) is 3.35. The fourth-order valence-electron chi connectivity index (χ4n) is 3.24. The third-order valence-electron chi connectivity index (χ3n) is 4.71. The van der Waals surface area contributed by atoms with Crippen molar-refractivity contribution in [2.24, 2.45) is 0 Å². The number of thioether (sulfide) groups is 1. The Morgan fingerprint density at radius 2 is 1.97 bits per heavy atom. The van der Waals surface area contributed by atoms with Crippen LogP contribution in [0.5, 0.6) is 0 Å². The Morgan fingerprint density at radius 3 is 2.79 bits per heavy atom. The molecule has 2 aromatic carbocycles. The molecule has 0 aliphatic carbocycles. The van der Waals surface area contributed by atoms with Crippen molar-refractivity contribution >= 4 is 46.3 Å². The molecule has 2 heterocycles. The van der Waals surface area contributed by atoms with Crippen LogP contribution in [0, 0.1) is 6.92 Å². The van der Waals surface area contributed by atoms with Crippen LogP contribution >= 0.6 is 23.1 Å². The van der Waals surface area contributed by atoms with Crippen LogP contribution in [0.15, 0.2) is 58.3 Å². The zero-order valence-electron chi connectivity index (χ0n) is 16.1. The highest BCUT2D eigenvalue weighted by molar-refractivity contribution is 8.01. The summed E-state index contributed by atoms with van der Waals surface area (Å²) in [5.74, 6) is 0.281. The van der Waals surface area contributed by atoms with Gasteiger partial charge in [0.25, 0.3) is 0 Å². The van der Waals surface area contributed by atoms with Gasteiger partial charge in [-0.25, -0.2) is 4.98 Å². The number of rotatable bonds is 6. The first-order valence-electron chi connectivity index (χ1n) is 9.40. The van der Waals surface area contributed by atoms with Crippen LogP contribution in [-0.4, -0.2) is 29.1 Å². The SMILES string of the molecule is Cc1ccc(NC(=O)CSc2nc(CC(=O)N3CCc4ccccc43)cs2)cc1. The minimum atomic E-state index is -0.0691. The van der Waals surface area contributed by atoms with Crippen molar-refractivity contribution in [2.45, 2.75) is 24.1 Å². The van der Waals surface area contributed by atoms with Gasteiger partial charge in [-0.3, -0.25) is 9.59 Å². The van der Waals surface area contributed by atoms with E-state index in [1.165, 1.54) is 28.7 Å². The molecule has 1 aromatic heterocycles. The molecule has 0 radical (unpaired) electrons. The summed E-state index contributed by atoms with van der Waals surface area (Å²) >= 11 is 2.86.